The van der Waals surface area contributed by atoms with Gasteiger partial charge in [-0.2, -0.15) is 37.0 Å². The van der Waals surface area contributed by atoms with E-state index in [1.807, 2.05) is 0 Å². The maximum Gasteiger partial charge on any atom is 0.00792 e. The molecule has 12 heavy (non-hydrogen) atoms. The molecule has 0 amide bonds. The summed E-state index contributed by atoms with van der Waals surface area (Å²) in [4.78, 5) is 0. The third-order valence-corrected chi connectivity index (χ3v) is 4.80. The van der Waals surface area contributed by atoms with Crippen molar-refractivity contribution in [1.29, 1.82) is 0 Å². The Hall–Kier alpha value is 1.05. The molecule has 0 spiro atoms. The third-order valence-electron chi connectivity index (χ3n) is 2.22. The van der Waals surface area contributed by atoms with Gasteiger partial charge in [0, 0.05) is 21.5 Å². The van der Waals surface area contributed by atoms with E-state index in [4.69, 9.17) is 0 Å². The molecule has 1 aliphatic rings. The molecular formula is C9H18S3. The van der Waals surface area contributed by atoms with Gasteiger partial charge in [0.15, 0.2) is 0 Å². The summed E-state index contributed by atoms with van der Waals surface area (Å²) in [7, 11) is 0. The highest BCUT2D eigenvalue weighted by molar-refractivity contribution is 8.00. The highest BCUT2D eigenvalue weighted by Crippen LogP contribution is 2.31. The summed E-state index contributed by atoms with van der Waals surface area (Å²) in [5.41, 5.74) is 0. The Labute approximate surface area is 91.1 Å². The fourth-order valence-corrected chi connectivity index (χ4v) is 3.20. The minimum Gasteiger partial charge on any atom is -0.176 e. The van der Waals surface area contributed by atoms with Gasteiger partial charge < -0.3 is 0 Å². The summed E-state index contributed by atoms with van der Waals surface area (Å²) in [6, 6.07) is 0. The van der Waals surface area contributed by atoms with Crippen LogP contribution in [0.1, 0.15) is 32.6 Å². The lowest BCUT2D eigenvalue weighted by Crippen LogP contribution is -2.17. The van der Waals surface area contributed by atoms with Crippen LogP contribution in [0.4, 0.5) is 0 Å². The minimum absolute atomic E-state index is 0.545. The first-order chi connectivity index (χ1) is 5.68. The van der Waals surface area contributed by atoms with Crippen LogP contribution in [0, 0.1) is 0 Å². The van der Waals surface area contributed by atoms with Crippen molar-refractivity contribution in [1.82, 2.24) is 0 Å². The van der Waals surface area contributed by atoms with Crippen LogP contribution in [0.25, 0.3) is 0 Å². The van der Waals surface area contributed by atoms with Crippen LogP contribution >= 0.6 is 37.0 Å². The molecule has 0 heterocycles. The number of thiol groups is 2. The first kappa shape index (κ1) is 11.1. The topological polar surface area (TPSA) is 0 Å². The van der Waals surface area contributed by atoms with Crippen molar-refractivity contribution < 1.29 is 0 Å². The van der Waals surface area contributed by atoms with Crippen molar-refractivity contribution >= 4 is 37.0 Å². The standard InChI is InChI=1S/C9H18S3/c1-7(10)6-12-9-4-2-8(11)3-5-9/h7-11H,2-6H2,1H3. The molecule has 3 heteroatoms. The average Bonchev–Trinajstić information content (AvgIpc) is 2.03. The molecule has 1 rings (SSSR count). The molecule has 0 aromatic rings. The summed E-state index contributed by atoms with van der Waals surface area (Å²) in [5, 5.41) is 2.11. The van der Waals surface area contributed by atoms with Gasteiger partial charge in [-0.15, -0.1) is 0 Å². The molecule has 0 N–H and O–H groups in total. The fourth-order valence-electron chi connectivity index (χ4n) is 1.49. The summed E-state index contributed by atoms with van der Waals surface area (Å²) in [6.45, 7) is 2.17. The summed E-state index contributed by atoms with van der Waals surface area (Å²) >= 11 is 11.0. The van der Waals surface area contributed by atoms with Gasteiger partial charge in [0.05, 0.1) is 0 Å². The first-order valence-electron chi connectivity index (χ1n) is 4.66. The molecule has 0 aliphatic heterocycles. The quantitative estimate of drug-likeness (QED) is 0.691. The van der Waals surface area contributed by atoms with Crippen molar-refractivity contribution in [2.45, 2.75) is 48.4 Å². The summed E-state index contributed by atoms with van der Waals surface area (Å²) < 4.78 is 0. The number of rotatable bonds is 3. The largest absolute Gasteiger partial charge is 0.176 e. The highest BCUT2D eigenvalue weighted by Gasteiger charge is 2.18. The predicted octanol–water partition coefficient (Wildman–Crippen LogP) is 3.28. The van der Waals surface area contributed by atoms with Crippen LogP contribution in [0.3, 0.4) is 0 Å². The molecule has 0 aromatic carbocycles. The smallest absolute Gasteiger partial charge is 0.00792 e. The van der Waals surface area contributed by atoms with Crippen LogP contribution in [0.15, 0.2) is 0 Å². The molecule has 1 unspecified atom stereocenters. The molecule has 1 atom stereocenters. The van der Waals surface area contributed by atoms with Crippen LogP contribution in [0.2, 0.25) is 0 Å². The molecule has 1 fully saturated rings. The Bertz CT molecular complexity index is 117. The number of hydrogen-bond donors (Lipinski definition) is 2. The van der Waals surface area contributed by atoms with Crippen molar-refractivity contribution in [3.8, 4) is 0 Å². The zero-order valence-corrected chi connectivity index (χ0v) is 10.2. The molecule has 72 valence electrons. The van der Waals surface area contributed by atoms with Gasteiger partial charge in [0.1, 0.15) is 0 Å². The molecular weight excluding hydrogens is 204 g/mol. The van der Waals surface area contributed by atoms with Crippen molar-refractivity contribution in [3.05, 3.63) is 0 Å². The zero-order valence-electron chi connectivity index (χ0n) is 7.57. The van der Waals surface area contributed by atoms with Crippen molar-refractivity contribution in [2.24, 2.45) is 0 Å². The Morgan fingerprint density at radius 1 is 1.33 bits per heavy atom. The second-order valence-corrected chi connectivity index (χ2v) is 6.56. The Morgan fingerprint density at radius 3 is 2.42 bits per heavy atom. The monoisotopic (exact) mass is 222 g/mol. The van der Waals surface area contributed by atoms with Crippen molar-refractivity contribution in [3.63, 3.8) is 0 Å². The second kappa shape index (κ2) is 5.71. The van der Waals surface area contributed by atoms with Gasteiger partial charge >= 0.3 is 0 Å². The van der Waals surface area contributed by atoms with E-state index in [0.717, 1.165) is 5.25 Å². The van der Waals surface area contributed by atoms with E-state index in [2.05, 4.69) is 43.9 Å². The summed E-state index contributed by atoms with van der Waals surface area (Å²) in [6.07, 6.45) is 5.34. The van der Waals surface area contributed by atoms with Gasteiger partial charge in [-0.3, -0.25) is 0 Å². The zero-order chi connectivity index (χ0) is 8.97. The van der Waals surface area contributed by atoms with E-state index in [1.54, 1.807) is 0 Å². The Kier molecular flexibility index (Phi) is 5.30. The lowest BCUT2D eigenvalue weighted by molar-refractivity contribution is 0.530. The molecule has 0 aromatic heterocycles. The average molecular weight is 222 g/mol. The van der Waals surface area contributed by atoms with E-state index >= 15 is 0 Å². The summed E-state index contributed by atoms with van der Waals surface area (Å²) in [5.74, 6) is 1.20. The SMILES string of the molecule is CC(S)CSC1CCC(S)CC1. The maximum absolute atomic E-state index is 4.49. The Balaban J connectivity index is 2.09. The third kappa shape index (κ3) is 4.33. The molecule has 1 saturated carbocycles. The van der Waals surface area contributed by atoms with Gasteiger partial charge in [-0.05, 0) is 25.7 Å². The molecule has 0 radical (unpaired) electrons. The lowest BCUT2D eigenvalue weighted by Gasteiger charge is -2.25. The molecule has 0 bridgehead atoms. The maximum atomic E-state index is 4.49. The normalized spacial score (nSPS) is 33.2. The van der Waals surface area contributed by atoms with E-state index in [9.17, 15) is 0 Å². The van der Waals surface area contributed by atoms with Crippen LogP contribution in [0.5, 0.6) is 0 Å². The number of thioether (sulfide) groups is 1. The molecule has 0 nitrogen and oxygen atoms in total. The van der Waals surface area contributed by atoms with Crippen molar-refractivity contribution in [2.75, 3.05) is 5.75 Å². The van der Waals surface area contributed by atoms with Crippen LogP contribution in [-0.2, 0) is 0 Å². The fraction of sp³-hybridized carbons (Fsp3) is 1.00. The van der Waals surface area contributed by atoms with E-state index in [1.165, 1.54) is 31.4 Å². The van der Waals surface area contributed by atoms with Gasteiger partial charge in [-0.1, -0.05) is 6.92 Å². The first-order valence-corrected chi connectivity index (χ1v) is 6.74. The Morgan fingerprint density at radius 2 is 1.92 bits per heavy atom. The van der Waals surface area contributed by atoms with E-state index < -0.39 is 0 Å². The van der Waals surface area contributed by atoms with Gasteiger partial charge in [-0.25, -0.2) is 0 Å². The molecule has 1 aliphatic carbocycles. The van der Waals surface area contributed by atoms with Crippen LogP contribution in [-0.4, -0.2) is 21.5 Å². The second-order valence-electron chi connectivity index (χ2n) is 3.61. The highest BCUT2D eigenvalue weighted by atomic mass is 32.2. The molecule has 0 saturated heterocycles. The van der Waals surface area contributed by atoms with E-state index in [0.29, 0.717) is 10.5 Å². The predicted molar refractivity (Wildman–Crippen MR) is 65.9 cm³/mol. The van der Waals surface area contributed by atoms with Gasteiger partial charge in [0.2, 0.25) is 0 Å². The number of hydrogen-bond acceptors (Lipinski definition) is 3. The van der Waals surface area contributed by atoms with Crippen LogP contribution < -0.4 is 0 Å². The minimum atomic E-state index is 0.545. The van der Waals surface area contributed by atoms with E-state index in [-0.39, 0.29) is 0 Å². The van der Waals surface area contributed by atoms with Gasteiger partial charge in [0.25, 0.3) is 0 Å². The lowest BCUT2D eigenvalue weighted by atomic mass is 10.00.